The summed E-state index contributed by atoms with van der Waals surface area (Å²) in [7, 11) is -10.3. The van der Waals surface area contributed by atoms with Gasteiger partial charge in [-0.15, -0.1) is 12.6 Å². The number of thiol groups is 1. The van der Waals surface area contributed by atoms with E-state index in [4.69, 9.17) is 51.3 Å². The monoisotopic (exact) mass is 754 g/mol. The molecule has 260 valence electrons. The predicted molar refractivity (Wildman–Crippen MR) is 161 cm³/mol. The van der Waals surface area contributed by atoms with Crippen LogP contribution in [0.5, 0.6) is 0 Å². The Kier molecular flexibility index (Phi) is 8.20. The van der Waals surface area contributed by atoms with E-state index in [-0.39, 0.29) is 44.2 Å². The number of aliphatic hydroxyl groups excluding tert-OH is 2. The molecule has 48 heavy (non-hydrogen) atoms. The number of hydrogen-bond acceptors (Lipinski definition) is 19. The highest BCUT2D eigenvalue weighted by atomic mass is 32.1. The first kappa shape index (κ1) is 33.4. The molecule has 0 aromatic carbocycles. The van der Waals surface area contributed by atoms with Gasteiger partial charge in [0.05, 0.1) is 13.2 Å². The van der Waals surface area contributed by atoms with Crippen LogP contribution in [0, 0.1) is 4.77 Å². The first-order valence-electron chi connectivity index (χ1n) is 13.5. The number of hydrogen-bond donors (Lipinski definition) is 10. The quantitative estimate of drug-likeness (QED) is 0.0595. The van der Waals surface area contributed by atoms with Crippen LogP contribution >= 0.6 is 40.5 Å². The van der Waals surface area contributed by atoms with Crippen molar-refractivity contribution in [3.05, 3.63) is 25.5 Å². The van der Waals surface area contributed by atoms with E-state index >= 15 is 0 Å². The van der Waals surface area contributed by atoms with Crippen molar-refractivity contribution in [2.75, 3.05) is 24.7 Å². The first-order chi connectivity index (χ1) is 22.5. The molecule has 0 amide bonds. The first-order valence-corrected chi connectivity index (χ1v) is 17.3. The summed E-state index contributed by atoms with van der Waals surface area (Å²) >= 11 is 9.48. The lowest BCUT2D eigenvalue weighted by Crippen LogP contribution is -2.39. The third kappa shape index (κ3) is 5.71. The molecule has 11 N–H and O–H groups in total. The number of aliphatic hydroxyl groups is 2. The lowest BCUT2D eigenvalue weighted by molar-refractivity contribution is -0.0676. The molecule has 0 spiro atoms. The maximum atomic E-state index is 13.2. The van der Waals surface area contributed by atoms with Crippen LogP contribution in [-0.2, 0) is 36.7 Å². The van der Waals surface area contributed by atoms with E-state index in [0.717, 1.165) is 9.13 Å². The molecule has 0 radical (unpaired) electrons. The number of nitrogen functional groups attached to an aromatic ring is 2. The van der Waals surface area contributed by atoms with Crippen LogP contribution in [-0.4, -0.2) is 109 Å². The normalized spacial score (nSPS) is 36.1. The molecule has 0 bridgehead atoms. The third-order valence-corrected chi connectivity index (χ3v) is 10.2. The summed E-state index contributed by atoms with van der Waals surface area (Å²) in [5.74, 6) is -0.621. The average Bonchev–Trinajstić information content (AvgIpc) is 3.67. The predicted octanol–water partition coefficient (Wildman–Crippen LogP) is -2.10. The molecule has 4 unspecified atom stereocenters. The molecule has 24 nitrogen and oxygen atoms in total. The summed E-state index contributed by atoms with van der Waals surface area (Å²) in [6.07, 6.45) is -13.6. The number of nitrogens with zero attached hydrogens (tertiary/aromatic N) is 5. The standard InChI is InChI=1S/C20H24N10O14P2S2/c21-17-25-11-5(13(33)27-17)23-19(47)29(11)15-7(31)9-3(41-15)1-39-45(35,36)44-10-4(2-40-46(37,38)43-9)42-16(8(10)32)30-12-6(24-20(30)48)14(34)28-18(22)26-12/h3-4,7-10,15-16,31-32H,1-2H2,(H,23,47)(H,24,48)(H,35,36)(H,37,38)(H3,21,25,27,33)(H3,22,26,28,34)/t3-,4-,7+,8+,9?,10?,15-,16-/m1/s1. The van der Waals surface area contributed by atoms with Crippen molar-refractivity contribution in [1.82, 2.24) is 39.0 Å². The van der Waals surface area contributed by atoms with Gasteiger partial charge in [-0.05, 0) is 12.2 Å². The van der Waals surface area contributed by atoms with Gasteiger partial charge in [-0.25, -0.2) is 14.1 Å². The minimum Gasteiger partial charge on any atom is -0.386 e. The Balaban J connectivity index is 1.20. The van der Waals surface area contributed by atoms with E-state index in [1.807, 2.05) is 0 Å². The van der Waals surface area contributed by atoms with Gasteiger partial charge in [-0.3, -0.25) is 46.8 Å². The summed E-state index contributed by atoms with van der Waals surface area (Å²) < 4.78 is 60.6. The molecule has 3 aliphatic heterocycles. The van der Waals surface area contributed by atoms with Gasteiger partial charge in [-0.1, -0.05) is 0 Å². The highest BCUT2D eigenvalue weighted by Gasteiger charge is 2.54. The number of anilines is 2. The number of phosphoric ester groups is 2. The van der Waals surface area contributed by atoms with Crippen molar-refractivity contribution in [3.8, 4) is 0 Å². The molecule has 4 aromatic heterocycles. The van der Waals surface area contributed by atoms with Gasteiger partial charge in [0.25, 0.3) is 11.1 Å². The van der Waals surface area contributed by atoms with Crippen molar-refractivity contribution in [1.29, 1.82) is 0 Å². The van der Waals surface area contributed by atoms with Crippen molar-refractivity contribution in [2.24, 2.45) is 0 Å². The molecule has 3 fully saturated rings. The zero-order valence-corrected chi connectivity index (χ0v) is 27.0. The number of fused-ring (bicyclic) bond motifs is 4. The molecule has 4 aromatic rings. The molecule has 0 aliphatic carbocycles. The Morgan fingerprint density at radius 3 is 1.88 bits per heavy atom. The number of nitrogens with one attached hydrogen (secondary N) is 3. The molecule has 0 saturated carbocycles. The van der Waals surface area contributed by atoms with Gasteiger partial charge in [0.1, 0.15) is 36.6 Å². The Hall–Kier alpha value is -3.07. The maximum Gasteiger partial charge on any atom is 0.472 e. The molecule has 3 saturated heterocycles. The fourth-order valence-electron chi connectivity index (χ4n) is 5.59. The van der Waals surface area contributed by atoms with Gasteiger partial charge >= 0.3 is 15.6 Å². The summed E-state index contributed by atoms with van der Waals surface area (Å²) in [5, 5.41) is 22.3. The number of ether oxygens (including phenoxy) is 2. The molecule has 3 aliphatic rings. The summed E-state index contributed by atoms with van der Waals surface area (Å²) in [6.45, 7) is -1.82. The fourth-order valence-corrected chi connectivity index (χ4v) is 8.12. The minimum absolute atomic E-state index is 0.138. The molecular weight excluding hydrogens is 730 g/mol. The number of aromatic nitrogens is 8. The van der Waals surface area contributed by atoms with Crippen molar-refractivity contribution in [3.63, 3.8) is 0 Å². The lowest BCUT2D eigenvalue weighted by Gasteiger charge is -2.27. The zero-order chi connectivity index (χ0) is 34.4. The molecule has 28 heteroatoms. The molecule has 7 rings (SSSR count). The van der Waals surface area contributed by atoms with E-state index in [0.29, 0.717) is 0 Å². The van der Waals surface area contributed by atoms with Crippen molar-refractivity contribution in [2.45, 2.75) is 54.2 Å². The lowest BCUT2D eigenvalue weighted by atomic mass is 10.1. The van der Waals surface area contributed by atoms with E-state index in [9.17, 15) is 38.7 Å². The molecular formula is C20H24N10O14P2S2. The summed E-state index contributed by atoms with van der Waals surface area (Å²) in [6, 6.07) is 0. The van der Waals surface area contributed by atoms with E-state index in [1.54, 1.807) is 0 Å². The number of rotatable bonds is 2. The van der Waals surface area contributed by atoms with Crippen LogP contribution in [0.1, 0.15) is 12.5 Å². The molecule has 7 heterocycles. The van der Waals surface area contributed by atoms with Crippen LogP contribution in [0.3, 0.4) is 0 Å². The number of nitrogens with two attached hydrogens (primary N) is 2. The average molecular weight is 755 g/mol. The Labute approximate surface area is 274 Å². The van der Waals surface area contributed by atoms with E-state index in [2.05, 4.69) is 42.5 Å². The number of H-pyrrole nitrogens is 3. The fraction of sp³-hybridized carbons (Fsp3) is 0.500. The third-order valence-electron chi connectivity index (χ3n) is 7.59. The highest BCUT2D eigenvalue weighted by molar-refractivity contribution is 7.80. The van der Waals surface area contributed by atoms with Gasteiger partial charge < -0.3 is 45.9 Å². The van der Waals surface area contributed by atoms with Gasteiger partial charge in [-0.2, -0.15) is 9.97 Å². The summed E-state index contributed by atoms with van der Waals surface area (Å²) in [5.41, 5.74) is 9.15. The largest absolute Gasteiger partial charge is 0.472 e. The van der Waals surface area contributed by atoms with Gasteiger partial charge in [0, 0.05) is 0 Å². The SMILES string of the molecule is Nc1nc2c(nc(S)n2[C@@H]2O[C@@H]3COP(=O)(O)OC4[C@@H](COP(=O)(O)OC3[C@@H]2O)O[C@@H](n2c(=S)[nH]c3c(=O)[nH]c(N)nc32)[C@H]4O)c(=O)[nH]1. The van der Waals surface area contributed by atoms with Crippen LogP contribution in [0.15, 0.2) is 14.7 Å². The number of phosphoric acid groups is 2. The second-order valence-electron chi connectivity index (χ2n) is 10.6. The van der Waals surface area contributed by atoms with Gasteiger partial charge in [0.2, 0.25) is 11.9 Å². The van der Waals surface area contributed by atoms with Crippen LogP contribution < -0.4 is 22.6 Å². The van der Waals surface area contributed by atoms with Crippen LogP contribution in [0.2, 0.25) is 0 Å². The smallest absolute Gasteiger partial charge is 0.386 e. The summed E-state index contributed by atoms with van der Waals surface area (Å²) in [4.78, 5) is 65.1. The second kappa shape index (κ2) is 11.8. The number of aromatic amines is 3. The zero-order valence-electron chi connectivity index (χ0n) is 23.5. The number of imidazole rings is 2. The van der Waals surface area contributed by atoms with Gasteiger partial charge in [0.15, 0.2) is 44.7 Å². The Bertz CT molecular complexity index is 2220. The van der Waals surface area contributed by atoms with Crippen LogP contribution in [0.25, 0.3) is 22.3 Å². The highest BCUT2D eigenvalue weighted by Crippen LogP contribution is 2.53. The van der Waals surface area contributed by atoms with Crippen molar-refractivity contribution >= 4 is 74.7 Å². The topological polar surface area (TPSA) is 353 Å². The van der Waals surface area contributed by atoms with Crippen molar-refractivity contribution < 1.29 is 56.7 Å². The van der Waals surface area contributed by atoms with E-state index < -0.39 is 89.1 Å². The maximum absolute atomic E-state index is 13.2. The van der Waals surface area contributed by atoms with Crippen LogP contribution in [0.4, 0.5) is 11.9 Å². The van der Waals surface area contributed by atoms with E-state index in [1.165, 1.54) is 0 Å². The Morgan fingerprint density at radius 2 is 1.31 bits per heavy atom. The molecule has 10 atom stereocenters. The Morgan fingerprint density at radius 1 is 0.812 bits per heavy atom. The second-order valence-corrected chi connectivity index (χ2v) is 14.2. The minimum atomic E-state index is -5.15.